The summed E-state index contributed by atoms with van der Waals surface area (Å²) in [6.07, 6.45) is 3.58. The topological polar surface area (TPSA) is 46.9 Å². The summed E-state index contributed by atoms with van der Waals surface area (Å²) in [4.78, 5) is 12.6. The van der Waals surface area contributed by atoms with Gasteiger partial charge in [-0.15, -0.1) is 12.6 Å². The van der Waals surface area contributed by atoms with Crippen LogP contribution in [-0.2, 0) is 6.54 Å². The molecule has 1 N–H and O–H groups in total. The summed E-state index contributed by atoms with van der Waals surface area (Å²) in [5.41, 5.74) is 0.642. The highest BCUT2D eigenvalue weighted by Gasteiger charge is 2.03. The van der Waals surface area contributed by atoms with Gasteiger partial charge in [0.2, 0.25) is 0 Å². The number of hydrogen-bond acceptors (Lipinski definition) is 3. The van der Waals surface area contributed by atoms with Gasteiger partial charge in [0.15, 0.2) is 0 Å². The van der Waals surface area contributed by atoms with Gasteiger partial charge in [0, 0.05) is 29.4 Å². The second-order valence-electron chi connectivity index (χ2n) is 3.57. The average molecular weight is 247 g/mol. The molecule has 0 fully saturated rings. The number of carbonyl (C=O) groups excluding carboxylic acids is 1. The number of thiol groups is 1. The van der Waals surface area contributed by atoms with Crippen molar-refractivity contribution in [3.8, 4) is 0 Å². The zero-order valence-corrected chi connectivity index (χ0v) is 10.1. The summed E-state index contributed by atoms with van der Waals surface area (Å²) in [7, 11) is 0. The van der Waals surface area contributed by atoms with E-state index in [1.54, 1.807) is 35.1 Å². The molecule has 0 atom stereocenters. The van der Waals surface area contributed by atoms with Gasteiger partial charge in [0.05, 0.1) is 6.54 Å². The van der Waals surface area contributed by atoms with Crippen molar-refractivity contribution in [3.05, 3.63) is 48.3 Å². The van der Waals surface area contributed by atoms with Crippen LogP contribution in [0.4, 0.5) is 0 Å². The first-order valence-electron chi connectivity index (χ1n) is 5.30. The Bertz CT molecular complexity index is 479. The second kappa shape index (κ2) is 5.54. The van der Waals surface area contributed by atoms with Crippen LogP contribution in [0.25, 0.3) is 0 Å². The quantitative estimate of drug-likeness (QED) is 0.806. The predicted octanol–water partition coefficient (Wildman–Crippen LogP) is 1.60. The maximum Gasteiger partial charge on any atom is 0.251 e. The molecule has 0 aliphatic carbocycles. The van der Waals surface area contributed by atoms with E-state index in [2.05, 4.69) is 23.0 Å². The van der Waals surface area contributed by atoms with Crippen LogP contribution in [-0.4, -0.2) is 22.2 Å². The molecule has 0 spiro atoms. The van der Waals surface area contributed by atoms with Gasteiger partial charge in [-0.2, -0.15) is 5.10 Å². The molecule has 4 nitrogen and oxygen atoms in total. The van der Waals surface area contributed by atoms with E-state index in [1.807, 2.05) is 12.3 Å². The van der Waals surface area contributed by atoms with Crippen molar-refractivity contribution in [3.63, 3.8) is 0 Å². The predicted molar refractivity (Wildman–Crippen MR) is 68.3 cm³/mol. The van der Waals surface area contributed by atoms with E-state index in [0.717, 1.165) is 4.90 Å². The highest BCUT2D eigenvalue weighted by atomic mass is 32.1. The van der Waals surface area contributed by atoms with Gasteiger partial charge in [-0.3, -0.25) is 9.48 Å². The third-order valence-corrected chi connectivity index (χ3v) is 2.61. The van der Waals surface area contributed by atoms with Crippen molar-refractivity contribution in [2.45, 2.75) is 11.4 Å². The summed E-state index contributed by atoms with van der Waals surface area (Å²) >= 11 is 4.17. The summed E-state index contributed by atoms with van der Waals surface area (Å²) < 4.78 is 1.77. The molecule has 1 aromatic heterocycles. The summed E-state index contributed by atoms with van der Waals surface area (Å²) in [5, 5.41) is 6.88. The maximum absolute atomic E-state index is 11.7. The number of aromatic nitrogens is 2. The molecule has 1 amide bonds. The van der Waals surface area contributed by atoms with E-state index in [-0.39, 0.29) is 5.91 Å². The summed E-state index contributed by atoms with van der Waals surface area (Å²) in [6, 6.07) is 8.96. The lowest BCUT2D eigenvalue weighted by Crippen LogP contribution is -2.27. The molecule has 0 radical (unpaired) electrons. The Labute approximate surface area is 105 Å². The van der Waals surface area contributed by atoms with Crippen molar-refractivity contribution in [1.82, 2.24) is 15.1 Å². The van der Waals surface area contributed by atoms with E-state index in [1.165, 1.54) is 0 Å². The molecule has 0 aliphatic rings. The number of hydrogen-bond donors (Lipinski definition) is 2. The van der Waals surface area contributed by atoms with Crippen LogP contribution in [0.15, 0.2) is 47.6 Å². The molecule has 0 unspecified atom stereocenters. The third kappa shape index (κ3) is 3.35. The molecule has 88 valence electrons. The number of nitrogens with one attached hydrogen (secondary N) is 1. The van der Waals surface area contributed by atoms with E-state index in [9.17, 15) is 4.79 Å². The number of carbonyl (C=O) groups is 1. The Hall–Kier alpha value is -1.75. The molecule has 0 bridgehead atoms. The van der Waals surface area contributed by atoms with E-state index >= 15 is 0 Å². The second-order valence-corrected chi connectivity index (χ2v) is 4.09. The molecule has 2 rings (SSSR count). The van der Waals surface area contributed by atoms with Crippen LogP contribution in [0.2, 0.25) is 0 Å². The van der Waals surface area contributed by atoms with Gasteiger partial charge in [-0.05, 0) is 30.3 Å². The Morgan fingerprint density at radius 2 is 2.12 bits per heavy atom. The minimum absolute atomic E-state index is 0.0783. The van der Waals surface area contributed by atoms with Crippen molar-refractivity contribution < 1.29 is 4.79 Å². The molecule has 0 saturated carbocycles. The fourth-order valence-electron chi connectivity index (χ4n) is 1.43. The van der Waals surface area contributed by atoms with Crippen LogP contribution >= 0.6 is 12.6 Å². The first-order chi connectivity index (χ1) is 8.25. The first-order valence-corrected chi connectivity index (χ1v) is 5.75. The Morgan fingerprint density at radius 3 is 2.76 bits per heavy atom. The number of nitrogens with zero attached hydrogens (tertiary/aromatic N) is 2. The van der Waals surface area contributed by atoms with Gasteiger partial charge >= 0.3 is 0 Å². The fourth-order valence-corrected chi connectivity index (χ4v) is 1.58. The monoisotopic (exact) mass is 247 g/mol. The van der Waals surface area contributed by atoms with Gasteiger partial charge in [-0.1, -0.05) is 0 Å². The normalized spacial score (nSPS) is 10.2. The van der Waals surface area contributed by atoms with E-state index in [4.69, 9.17) is 0 Å². The van der Waals surface area contributed by atoms with Crippen molar-refractivity contribution >= 4 is 18.5 Å². The zero-order valence-electron chi connectivity index (χ0n) is 9.21. The summed E-state index contributed by atoms with van der Waals surface area (Å²) in [5.74, 6) is -0.0783. The largest absolute Gasteiger partial charge is 0.350 e. The molecule has 2 aromatic rings. The van der Waals surface area contributed by atoms with Crippen LogP contribution in [0.3, 0.4) is 0 Å². The molecule has 0 saturated heterocycles. The molecule has 0 aliphatic heterocycles. The summed E-state index contributed by atoms with van der Waals surface area (Å²) in [6.45, 7) is 1.23. The zero-order chi connectivity index (χ0) is 12.1. The Morgan fingerprint density at radius 1 is 1.35 bits per heavy atom. The Kier molecular flexibility index (Phi) is 3.82. The smallest absolute Gasteiger partial charge is 0.251 e. The third-order valence-electron chi connectivity index (χ3n) is 2.32. The lowest BCUT2D eigenvalue weighted by Gasteiger charge is -2.05. The van der Waals surface area contributed by atoms with Crippen LogP contribution in [0, 0.1) is 0 Å². The minimum atomic E-state index is -0.0783. The van der Waals surface area contributed by atoms with Gasteiger partial charge in [-0.25, -0.2) is 0 Å². The lowest BCUT2D eigenvalue weighted by atomic mass is 10.2. The standard InChI is InChI=1S/C12H13N3OS/c16-12(10-2-4-11(17)5-3-10)13-7-9-15-8-1-6-14-15/h1-6,8,17H,7,9H2,(H,13,16). The van der Waals surface area contributed by atoms with E-state index < -0.39 is 0 Å². The van der Waals surface area contributed by atoms with Crippen molar-refractivity contribution in [2.75, 3.05) is 6.54 Å². The highest BCUT2D eigenvalue weighted by molar-refractivity contribution is 7.80. The SMILES string of the molecule is O=C(NCCn1cccn1)c1ccc(S)cc1. The molecule has 5 heteroatoms. The average Bonchev–Trinajstić information content (AvgIpc) is 2.83. The highest BCUT2D eigenvalue weighted by Crippen LogP contribution is 2.07. The van der Waals surface area contributed by atoms with Crippen LogP contribution in [0.5, 0.6) is 0 Å². The number of rotatable bonds is 4. The fraction of sp³-hybridized carbons (Fsp3) is 0.167. The molecular formula is C12H13N3OS. The number of amides is 1. The molecule has 17 heavy (non-hydrogen) atoms. The Balaban J connectivity index is 1.83. The number of benzene rings is 1. The van der Waals surface area contributed by atoms with E-state index in [0.29, 0.717) is 18.7 Å². The molecule has 1 aromatic carbocycles. The lowest BCUT2D eigenvalue weighted by molar-refractivity contribution is 0.0952. The molecular weight excluding hydrogens is 234 g/mol. The minimum Gasteiger partial charge on any atom is -0.350 e. The molecule has 1 heterocycles. The van der Waals surface area contributed by atoms with Crippen molar-refractivity contribution in [2.24, 2.45) is 0 Å². The van der Waals surface area contributed by atoms with Gasteiger partial charge in [0.1, 0.15) is 0 Å². The first kappa shape index (κ1) is 11.7. The van der Waals surface area contributed by atoms with Gasteiger partial charge < -0.3 is 5.32 Å². The van der Waals surface area contributed by atoms with Gasteiger partial charge in [0.25, 0.3) is 5.91 Å². The van der Waals surface area contributed by atoms with Crippen LogP contribution in [0.1, 0.15) is 10.4 Å². The maximum atomic E-state index is 11.7. The van der Waals surface area contributed by atoms with Crippen LogP contribution < -0.4 is 5.32 Å². The van der Waals surface area contributed by atoms with Crippen molar-refractivity contribution in [1.29, 1.82) is 0 Å².